The van der Waals surface area contributed by atoms with Crippen molar-refractivity contribution in [3.63, 3.8) is 0 Å². The van der Waals surface area contributed by atoms with Crippen LogP contribution in [0.4, 0.5) is 0 Å². The number of ketones is 4. The van der Waals surface area contributed by atoms with E-state index in [1.807, 2.05) is 6.07 Å². The first-order chi connectivity index (χ1) is 38.8. The first kappa shape index (κ1) is 72.7. The van der Waals surface area contributed by atoms with E-state index in [2.05, 4.69) is 38.2 Å². The molecule has 0 aliphatic heterocycles. The maximum Gasteiger partial charge on any atom is 0.303 e. The number of carboxylic acids is 1. The summed E-state index contributed by atoms with van der Waals surface area (Å²) >= 11 is 0. The minimum atomic E-state index is -1.65. The summed E-state index contributed by atoms with van der Waals surface area (Å²) in [7, 11) is 0. The van der Waals surface area contributed by atoms with Crippen LogP contribution in [0.25, 0.3) is 0 Å². The second kappa shape index (κ2) is 44.3. The van der Waals surface area contributed by atoms with Gasteiger partial charge in [-0.3, -0.25) is 53.1 Å². The van der Waals surface area contributed by atoms with Gasteiger partial charge in [-0.15, -0.1) is 0 Å². The van der Waals surface area contributed by atoms with E-state index in [0.717, 1.165) is 31.2 Å². The Kier molecular flexibility index (Phi) is 39.8. The third-order valence-electron chi connectivity index (χ3n) is 14.2. The van der Waals surface area contributed by atoms with Crippen LogP contribution in [0.2, 0.25) is 0 Å². The van der Waals surface area contributed by atoms with Crippen molar-refractivity contribution in [2.45, 2.75) is 211 Å². The van der Waals surface area contributed by atoms with Crippen molar-refractivity contribution < 1.29 is 58.5 Å². The second-order valence-electron chi connectivity index (χ2n) is 21.2. The third-order valence-corrected chi connectivity index (χ3v) is 14.2. The number of nitrogens with one attached hydrogen (secondary N) is 4. The van der Waals surface area contributed by atoms with Crippen molar-refractivity contribution >= 4 is 64.7 Å². The van der Waals surface area contributed by atoms with Gasteiger partial charge in [-0.1, -0.05) is 121 Å². The number of carbonyl (C=O) groups is 9. The van der Waals surface area contributed by atoms with Crippen LogP contribution in [0.15, 0.2) is 40.3 Å². The summed E-state index contributed by atoms with van der Waals surface area (Å²) in [5, 5.41) is 40.9. The minimum Gasteiger partial charge on any atom is -0.481 e. The van der Waals surface area contributed by atoms with E-state index in [1.165, 1.54) is 58.3 Å². The van der Waals surface area contributed by atoms with Crippen molar-refractivity contribution in [2.24, 2.45) is 56.4 Å². The molecule has 0 heterocycles. The van der Waals surface area contributed by atoms with E-state index < -0.39 is 115 Å². The summed E-state index contributed by atoms with van der Waals surface area (Å²) in [5.74, 6) is -10.3. The van der Waals surface area contributed by atoms with Crippen LogP contribution in [0.5, 0.6) is 0 Å². The van der Waals surface area contributed by atoms with Crippen LogP contribution in [0.3, 0.4) is 0 Å². The number of hydrogen-bond acceptors (Lipinski definition) is 14. The van der Waals surface area contributed by atoms with Gasteiger partial charge in [-0.2, -0.15) is 0 Å². The largest absolute Gasteiger partial charge is 0.481 e. The minimum absolute atomic E-state index is 0.00860. The molecule has 1 rings (SSSR count). The molecule has 0 unspecified atom stereocenters. The number of rotatable bonds is 50. The number of guanidine groups is 2. The highest BCUT2D eigenvalue weighted by Crippen LogP contribution is 2.21. The number of aliphatic hydroxyl groups excluding tert-OH is 2. The highest BCUT2D eigenvalue weighted by atomic mass is 16.4. The molecular weight excluding hydrogens is 1040 g/mol. The highest BCUT2D eigenvalue weighted by molar-refractivity contribution is 5.98. The Labute approximate surface area is 479 Å². The lowest BCUT2D eigenvalue weighted by Crippen LogP contribution is -2.53. The van der Waals surface area contributed by atoms with Gasteiger partial charge in [0.2, 0.25) is 23.6 Å². The fourth-order valence-corrected chi connectivity index (χ4v) is 9.36. The number of carboxylic acid groups (broad SMARTS) is 1. The molecule has 23 nitrogen and oxygen atoms in total. The van der Waals surface area contributed by atoms with Gasteiger partial charge in [-0.05, 0) is 70.4 Å². The standard InChI is InChI=1S/C58H99N11O12/c1-3-4-5-6-7-8-9-10-11-12-13-14-18-28-52(76)66-47(34-41-23-16-15-17-24-41)56(81)68-45(27-22-33-65-58(62)63)50(74)37-44(38-70)55(80)69-48(39-71)51(75)36-43(26-21-32-64-57(60)61)54(79)67-46(29-30-53(77)78)49(73)35-42(40(2)72)25-19-20-31-59/h15-17,23-24,42-48,70-71H,3-14,18-22,25-39,59H2,1-2H3,(H,66,76)(H,67,79)(H,68,81)(H,69,80)(H,77,78)(H4,60,61,64)(H4,62,63,65)/t42-,43-,44+,45+,46+,47+,48+/m1/s1. The van der Waals surface area contributed by atoms with Gasteiger partial charge in [0, 0.05) is 63.5 Å². The van der Waals surface area contributed by atoms with Gasteiger partial charge in [0.25, 0.3) is 0 Å². The van der Waals surface area contributed by atoms with Gasteiger partial charge in [0.05, 0.1) is 31.2 Å². The Bertz CT molecular complexity index is 2100. The Hall–Kier alpha value is -6.33. The smallest absolute Gasteiger partial charge is 0.303 e. The molecule has 0 radical (unpaired) electrons. The van der Waals surface area contributed by atoms with Crippen molar-refractivity contribution in [3.8, 4) is 0 Å². The van der Waals surface area contributed by atoms with E-state index in [0.29, 0.717) is 32.2 Å². The van der Waals surface area contributed by atoms with E-state index in [-0.39, 0.29) is 88.1 Å². The summed E-state index contributed by atoms with van der Waals surface area (Å²) in [6.45, 7) is 2.19. The van der Waals surface area contributed by atoms with Gasteiger partial charge < -0.3 is 65.3 Å². The molecule has 0 aliphatic carbocycles. The van der Waals surface area contributed by atoms with Gasteiger partial charge >= 0.3 is 5.97 Å². The molecule has 0 aromatic heterocycles. The summed E-state index contributed by atoms with van der Waals surface area (Å²) in [5.41, 5.74) is 28.3. The highest BCUT2D eigenvalue weighted by Gasteiger charge is 2.34. The number of aliphatic carboxylic acids is 1. The number of hydrogen-bond donors (Lipinski definition) is 12. The lowest BCUT2D eigenvalue weighted by molar-refractivity contribution is -0.139. The summed E-state index contributed by atoms with van der Waals surface area (Å²) in [6.07, 6.45) is 14.7. The van der Waals surface area contributed by atoms with Gasteiger partial charge in [0.1, 0.15) is 17.9 Å². The summed E-state index contributed by atoms with van der Waals surface area (Å²) in [6, 6.07) is 3.68. The number of aliphatic imine (C=N–C) groups is 2. The quantitative estimate of drug-likeness (QED) is 0.0253. The molecule has 0 aliphatic rings. The van der Waals surface area contributed by atoms with Crippen molar-refractivity contribution in [1.82, 2.24) is 21.3 Å². The van der Waals surface area contributed by atoms with E-state index >= 15 is 0 Å². The first-order valence-electron chi connectivity index (χ1n) is 29.3. The SMILES string of the molecule is CCCCCCCCCCCCCCCC(=O)N[C@@H](Cc1ccccc1)C(=O)N[C@@H](CCCN=C(N)N)C(=O)C[C@@H](CO)C(=O)N[C@@H](CO)C(=O)C[C@@H](CCCN=C(N)N)C(=O)N[C@@H](CCC(=O)O)C(=O)C[C@@H](CCCCN)C(C)=O. The maximum absolute atomic E-state index is 14.1. The molecular formula is C58H99N11O12. The van der Waals surface area contributed by atoms with Crippen molar-refractivity contribution in [3.05, 3.63) is 35.9 Å². The zero-order chi connectivity index (χ0) is 60.4. The fraction of sp³-hybridized carbons (Fsp3) is 0.707. The molecule has 81 heavy (non-hydrogen) atoms. The molecule has 0 spiro atoms. The number of benzene rings is 1. The summed E-state index contributed by atoms with van der Waals surface area (Å²) < 4.78 is 0. The zero-order valence-corrected chi connectivity index (χ0v) is 48.4. The first-order valence-corrected chi connectivity index (χ1v) is 29.3. The topological polar surface area (TPSA) is 417 Å². The van der Waals surface area contributed by atoms with E-state index in [9.17, 15) is 58.5 Å². The average molecular weight is 1140 g/mol. The number of aliphatic hydroxyl groups is 2. The van der Waals surface area contributed by atoms with Gasteiger partial charge in [-0.25, -0.2) is 0 Å². The van der Waals surface area contributed by atoms with E-state index in [4.69, 9.17) is 28.7 Å². The molecule has 17 N–H and O–H groups in total. The van der Waals surface area contributed by atoms with Crippen LogP contribution < -0.4 is 49.9 Å². The Morgan fingerprint density at radius 2 is 0.963 bits per heavy atom. The van der Waals surface area contributed by atoms with Crippen molar-refractivity contribution in [1.29, 1.82) is 0 Å². The molecule has 23 heteroatoms. The van der Waals surface area contributed by atoms with Crippen molar-refractivity contribution in [2.75, 3.05) is 32.8 Å². The normalized spacial score (nSPS) is 13.7. The summed E-state index contributed by atoms with van der Waals surface area (Å²) in [4.78, 5) is 129. The molecule has 0 fully saturated rings. The van der Waals surface area contributed by atoms with Crippen LogP contribution in [-0.2, 0) is 49.6 Å². The van der Waals surface area contributed by atoms with Gasteiger partial charge in [0.15, 0.2) is 29.3 Å². The Balaban J connectivity index is 3.25. The fourth-order valence-electron chi connectivity index (χ4n) is 9.36. The maximum atomic E-state index is 14.1. The Morgan fingerprint density at radius 1 is 0.494 bits per heavy atom. The lowest BCUT2D eigenvalue weighted by Gasteiger charge is -2.25. The lowest BCUT2D eigenvalue weighted by atomic mass is 9.88. The molecule has 458 valence electrons. The average Bonchev–Trinajstić information content (AvgIpc) is 3.44. The van der Waals surface area contributed by atoms with Crippen LogP contribution in [-0.4, -0.2) is 137 Å². The van der Waals surface area contributed by atoms with E-state index in [1.54, 1.807) is 24.3 Å². The molecule has 0 saturated heterocycles. The molecule has 7 atom stereocenters. The number of nitrogens with zero attached hydrogens (tertiary/aromatic N) is 2. The molecule has 1 aromatic carbocycles. The molecule has 0 saturated carbocycles. The predicted molar refractivity (Wildman–Crippen MR) is 312 cm³/mol. The molecule has 0 bridgehead atoms. The number of unbranched alkanes of at least 4 members (excludes halogenated alkanes) is 13. The second-order valence-corrected chi connectivity index (χ2v) is 21.2. The third kappa shape index (κ3) is 34.5. The Morgan fingerprint density at radius 3 is 1.48 bits per heavy atom. The number of carbonyl (C=O) groups excluding carboxylic acids is 8. The zero-order valence-electron chi connectivity index (χ0n) is 48.4. The number of Topliss-reactive ketones (excluding diaryl/α,β-unsaturated/α-hetero) is 4. The molecule has 1 aromatic rings. The van der Waals surface area contributed by atoms with Crippen LogP contribution in [0.1, 0.15) is 186 Å². The molecule has 4 amide bonds. The number of nitrogens with two attached hydrogens (primary N) is 5. The monoisotopic (exact) mass is 1140 g/mol. The number of amides is 4. The van der Waals surface area contributed by atoms with Crippen LogP contribution in [0, 0.1) is 17.8 Å². The predicted octanol–water partition coefficient (Wildman–Crippen LogP) is 3.05. The van der Waals surface area contributed by atoms with Crippen LogP contribution >= 0.6 is 0 Å².